The molecule has 0 radical (unpaired) electrons. The van der Waals surface area contributed by atoms with Crippen LogP contribution >= 0.6 is 0 Å². The molecule has 0 aromatic heterocycles. The molecule has 1 N–H and O–H groups in total. The number of halogens is 1. The van der Waals surface area contributed by atoms with Gasteiger partial charge in [-0.2, -0.15) is 0 Å². The Balaban J connectivity index is 2.14. The number of aliphatic hydroxyl groups is 1. The lowest BCUT2D eigenvalue weighted by Gasteiger charge is -2.25. The van der Waals surface area contributed by atoms with Crippen LogP contribution in [0.5, 0.6) is 0 Å². The number of aliphatic hydroxyl groups excluding tert-OH is 1. The maximum Gasteiger partial charge on any atom is 0.0922 e. The molecule has 0 aromatic rings. The summed E-state index contributed by atoms with van der Waals surface area (Å²) < 4.78 is 12.1. The van der Waals surface area contributed by atoms with E-state index in [1.807, 2.05) is 0 Å². The van der Waals surface area contributed by atoms with Gasteiger partial charge in [-0.25, -0.2) is 0 Å². The summed E-state index contributed by atoms with van der Waals surface area (Å²) in [6, 6.07) is 0. The van der Waals surface area contributed by atoms with Crippen LogP contribution in [0.3, 0.4) is 0 Å². The Morgan fingerprint density at radius 2 is 1.64 bits per heavy atom. The Bertz CT molecular complexity index is 97.7. The molecule has 0 spiro atoms. The summed E-state index contributed by atoms with van der Waals surface area (Å²) in [5, 5.41) is 8.67. The van der Waals surface area contributed by atoms with Crippen LogP contribution in [0.15, 0.2) is 0 Å². The molecule has 0 heterocycles. The first-order chi connectivity index (χ1) is 5.36. The van der Waals surface area contributed by atoms with Gasteiger partial charge in [0, 0.05) is 6.61 Å². The molecule has 0 unspecified atom stereocenters. The molecule has 1 nitrogen and oxygen atoms in total. The van der Waals surface area contributed by atoms with Crippen molar-refractivity contribution < 1.29 is 9.50 Å². The lowest BCUT2D eigenvalue weighted by Crippen LogP contribution is -2.16. The van der Waals surface area contributed by atoms with Gasteiger partial charge in [0.05, 0.1) is 6.67 Å². The van der Waals surface area contributed by atoms with Crippen molar-refractivity contribution in [1.29, 1.82) is 0 Å². The minimum Gasteiger partial charge on any atom is -0.396 e. The third-order valence-electron chi connectivity index (χ3n) is 2.72. The highest BCUT2D eigenvalue weighted by atomic mass is 19.1. The van der Waals surface area contributed by atoms with Crippen molar-refractivity contribution in [3.8, 4) is 0 Å². The van der Waals surface area contributed by atoms with Crippen molar-refractivity contribution in [3.05, 3.63) is 0 Å². The molecule has 1 aliphatic rings. The van der Waals surface area contributed by atoms with E-state index in [2.05, 4.69) is 0 Å². The Hall–Kier alpha value is -0.110. The number of rotatable bonds is 3. The first-order valence-corrected chi connectivity index (χ1v) is 4.53. The molecule has 11 heavy (non-hydrogen) atoms. The molecule has 1 saturated carbocycles. The second kappa shape index (κ2) is 4.70. The first-order valence-electron chi connectivity index (χ1n) is 4.53. The third-order valence-corrected chi connectivity index (χ3v) is 2.72. The van der Waals surface area contributed by atoms with Gasteiger partial charge in [-0.15, -0.1) is 0 Å². The van der Waals surface area contributed by atoms with Gasteiger partial charge in [0.2, 0.25) is 0 Å². The Morgan fingerprint density at radius 1 is 1.09 bits per heavy atom. The zero-order chi connectivity index (χ0) is 8.10. The van der Waals surface area contributed by atoms with E-state index in [-0.39, 0.29) is 6.67 Å². The maximum atomic E-state index is 12.1. The summed E-state index contributed by atoms with van der Waals surface area (Å²) in [5.74, 6) is 0.993. The van der Waals surface area contributed by atoms with Crippen LogP contribution in [-0.2, 0) is 0 Å². The van der Waals surface area contributed by atoms with E-state index in [0.29, 0.717) is 18.4 Å². The summed E-state index contributed by atoms with van der Waals surface area (Å²) in [5.41, 5.74) is 0. The standard InChI is InChI=1S/C9H17FO/c10-7-9-3-1-8(2-4-9)5-6-11/h8-9,11H,1-7H2. The summed E-state index contributed by atoms with van der Waals surface area (Å²) in [4.78, 5) is 0. The largest absolute Gasteiger partial charge is 0.396 e. The fourth-order valence-electron chi connectivity index (χ4n) is 1.86. The van der Waals surface area contributed by atoms with Crippen LogP contribution in [0.4, 0.5) is 4.39 Å². The molecular formula is C9H17FO. The lowest BCUT2D eigenvalue weighted by atomic mass is 9.81. The van der Waals surface area contributed by atoms with Gasteiger partial charge < -0.3 is 5.11 Å². The molecule has 66 valence electrons. The van der Waals surface area contributed by atoms with Crippen LogP contribution in [-0.4, -0.2) is 18.4 Å². The van der Waals surface area contributed by atoms with Crippen molar-refractivity contribution in [3.63, 3.8) is 0 Å². The Labute approximate surface area is 67.6 Å². The molecule has 1 rings (SSSR count). The van der Waals surface area contributed by atoms with Crippen LogP contribution < -0.4 is 0 Å². The lowest BCUT2D eigenvalue weighted by molar-refractivity contribution is 0.189. The topological polar surface area (TPSA) is 20.2 Å². The number of hydrogen-bond donors (Lipinski definition) is 1. The minimum atomic E-state index is -0.147. The van der Waals surface area contributed by atoms with Gasteiger partial charge in [-0.05, 0) is 31.1 Å². The number of alkyl halides is 1. The van der Waals surface area contributed by atoms with Gasteiger partial charge in [0.25, 0.3) is 0 Å². The average Bonchev–Trinajstić information content (AvgIpc) is 2.07. The van der Waals surface area contributed by atoms with Gasteiger partial charge in [0.15, 0.2) is 0 Å². The van der Waals surface area contributed by atoms with E-state index in [9.17, 15) is 4.39 Å². The molecule has 1 aliphatic carbocycles. The smallest absolute Gasteiger partial charge is 0.0922 e. The maximum absolute atomic E-state index is 12.1. The molecule has 0 aromatic carbocycles. The van der Waals surface area contributed by atoms with E-state index in [1.165, 1.54) is 0 Å². The van der Waals surface area contributed by atoms with E-state index >= 15 is 0 Å². The molecule has 0 saturated heterocycles. The van der Waals surface area contributed by atoms with Crippen molar-refractivity contribution in [1.82, 2.24) is 0 Å². The second-order valence-electron chi connectivity index (χ2n) is 3.55. The predicted molar refractivity (Wildman–Crippen MR) is 43.1 cm³/mol. The van der Waals surface area contributed by atoms with Crippen LogP contribution in [0.25, 0.3) is 0 Å². The molecule has 0 atom stereocenters. The highest BCUT2D eigenvalue weighted by molar-refractivity contribution is 4.71. The van der Waals surface area contributed by atoms with Crippen molar-refractivity contribution in [2.24, 2.45) is 11.8 Å². The molecular weight excluding hydrogens is 143 g/mol. The summed E-state index contributed by atoms with van der Waals surface area (Å²) in [6.07, 6.45) is 5.21. The van der Waals surface area contributed by atoms with E-state index in [0.717, 1.165) is 32.1 Å². The highest BCUT2D eigenvalue weighted by Gasteiger charge is 2.20. The Morgan fingerprint density at radius 3 is 2.09 bits per heavy atom. The van der Waals surface area contributed by atoms with Crippen LogP contribution in [0.2, 0.25) is 0 Å². The fraction of sp³-hybridized carbons (Fsp3) is 1.00. The number of hydrogen-bond acceptors (Lipinski definition) is 1. The van der Waals surface area contributed by atoms with E-state index < -0.39 is 0 Å². The SMILES string of the molecule is OCCC1CCC(CF)CC1. The monoisotopic (exact) mass is 160 g/mol. The second-order valence-corrected chi connectivity index (χ2v) is 3.55. The molecule has 1 fully saturated rings. The Kier molecular flexibility index (Phi) is 3.84. The molecule has 0 amide bonds. The van der Waals surface area contributed by atoms with Crippen molar-refractivity contribution in [2.45, 2.75) is 32.1 Å². The van der Waals surface area contributed by atoms with Gasteiger partial charge in [-0.1, -0.05) is 12.8 Å². The zero-order valence-electron chi connectivity index (χ0n) is 6.93. The summed E-state index contributed by atoms with van der Waals surface area (Å²) in [6.45, 7) is 0.150. The van der Waals surface area contributed by atoms with E-state index in [1.54, 1.807) is 0 Å². The van der Waals surface area contributed by atoms with Gasteiger partial charge >= 0.3 is 0 Å². The first kappa shape index (κ1) is 8.98. The van der Waals surface area contributed by atoms with E-state index in [4.69, 9.17) is 5.11 Å². The van der Waals surface area contributed by atoms with Crippen molar-refractivity contribution >= 4 is 0 Å². The van der Waals surface area contributed by atoms with Crippen molar-refractivity contribution in [2.75, 3.05) is 13.3 Å². The van der Waals surface area contributed by atoms with Gasteiger partial charge in [0.1, 0.15) is 0 Å². The third kappa shape index (κ3) is 2.78. The zero-order valence-corrected chi connectivity index (χ0v) is 6.93. The quantitative estimate of drug-likeness (QED) is 0.670. The fourth-order valence-corrected chi connectivity index (χ4v) is 1.86. The molecule has 0 bridgehead atoms. The summed E-state index contributed by atoms with van der Waals surface area (Å²) in [7, 11) is 0. The van der Waals surface area contributed by atoms with Crippen LogP contribution in [0.1, 0.15) is 32.1 Å². The predicted octanol–water partition coefficient (Wildman–Crippen LogP) is 2.14. The van der Waals surface area contributed by atoms with Crippen LogP contribution in [0, 0.1) is 11.8 Å². The molecule has 2 heteroatoms. The minimum absolute atomic E-state index is 0.147. The normalized spacial score (nSPS) is 32.2. The van der Waals surface area contributed by atoms with Gasteiger partial charge in [-0.3, -0.25) is 4.39 Å². The average molecular weight is 160 g/mol. The highest BCUT2D eigenvalue weighted by Crippen LogP contribution is 2.30. The molecule has 0 aliphatic heterocycles. The summed E-state index contributed by atoms with van der Waals surface area (Å²) >= 11 is 0.